The second-order valence-corrected chi connectivity index (χ2v) is 4.05. The van der Waals surface area contributed by atoms with E-state index in [4.69, 9.17) is 0 Å². The summed E-state index contributed by atoms with van der Waals surface area (Å²) >= 11 is 0. The maximum Gasteiger partial charge on any atom is 0.247 e. The third-order valence-electron chi connectivity index (χ3n) is 2.62. The summed E-state index contributed by atoms with van der Waals surface area (Å²) < 4.78 is 1.74. The summed E-state index contributed by atoms with van der Waals surface area (Å²) in [4.78, 5) is 4.40. The number of hydrogen-bond donors (Lipinski definition) is 1. The van der Waals surface area contributed by atoms with Crippen molar-refractivity contribution in [2.75, 3.05) is 5.32 Å². The lowest BCUT2D eigenvalue weighted by Gasteiger charge is -2.02. The largest absolute Gasteiger partial charge is 0.320 e. The van der Waals surface area contributed by atoms with Gasteiger partial charge in [0.2, 0.25) is 5.95 Å². The molecule has 0 aliphatic carbocycles. The molecule has 90 valence electrons. The van der Waals surface area contributed by atoms with Crippen molar-refractivity contribution in [2.45, 2.75) is 6.92 Å². The van der Waals surface area contributed by atoms with Gasteiger partial charge in [0.1, 0.15) is 5.52 Å². The minimum absolute atomic E-state index is 0.477. The normalized spacial score (nSPS) is 10.8. The van der Waals surface area contributed by atoms with Crippen LogP contribution in [-0.2, 0) is 7.05 Å². The molecule has 1 N–H and O–H groups in total. The van der Waals surface area contributed by atoms with Crippen LogP contribution in [0.4, 0.5) is 11.6 Å². The van der Waals surface area contributed by atoms with Crippen molar-refractivity contribution in [3.8, 4) is 0 Å². The van der Waals surface area contributed by atoms with Crippen molar-refractivity contribution in [1.82, 2.24) is 25.0 Å². The maximum absolute atomic E-state index is 4.40. The van der Waals surface area contributed by atoms with Crippen LogP contribution in [0.2, 0.25) is 0 Å². The molecule has 0 aliphatic heterocycles. The Bertz CT molecular complexity index is 703. The van der Waals surface area contributed by atoms with Crippen LogP contribution in [0.15, 0.2) is 30.5 Å². The van der Waals surface area contributed by atoms with Gasteiger partial charge in [-0.3, -0.25) is 4.68 Å². The van der Waals surface area contributed by atoms with Crippen molar-refractivity contribution in [2.24, 2.45) is 7.05 Å². The van der Waals surface area contributed by atoms with Gasteiger partial charge in [-0.2, -0.15) is 5.10 Å². The Morgan fingerprint density at radius 3 is 2.61 bits per heavy atom. The van der Waals surface area contributed by atoms with E-state index in [0.29, 0.717) is 5.95 Å². The lowest BCUT2D eigenvalue weighted by Crippen LogP contribution is -1.99. The summed E-state index contributed by atoms with van der Waals surface area (Å²) in [6.07, 6.45) is 1.88. The molecule has 0 fully saturated rings. The first-order chi connectivity index (χ1) is 8.72. The van der Waals surface area contributed by atoms with E-state index in [1.807, 2.05) is 44.4 Å². The highest BCUT2D eigenvalue weighted by molar-refractivity contribution is 5.74. The van der Waals surface area contributed by atoms with Gasteiger partial charge in [-0.1, -0.05) is 12.1 Å². The van der Waals surface area contributed by atoms with Crippen LogP contribution < -0.4 is 5.32 Å². The molecule has 6 nitrogen and oxygen atoms in total. The molecular weight excluding hydrogens is 228 g/mol. The first kappa shape index (κ1) is 10.6. The highest BCUT2D eigenvalue weighted by Crippen LogP contribution is 2.17. The van der Waals surface area contributed by atoms with Gasteiger partial charge < -0.3 is 5.32 Å². The molecule has 0 spiro atoms. The molecule has 0 amide bonds. The lowest BCUT2D eigenvalue weighted by atomic mass is 10.3. The van der Waals surface area contributed by atoms with Gasteiger partial charge in [0, 0.05) is 13.2 Å². The molecule has 3 rings (SSSR count). The Kier molecular flexibility index (Phi) is 2.40. The monoisotopic (exact) mass is 240 g/mol. The zero-order chi connectivity index (χ0) is 12.5. The molecule has 0 saturated carbocycles. The molecule has 0 unspecified atom stereocenters. The molecule has 0 radical (unpaired) electrons. The molecule has 18 heavy (non-hydrogen) atoms. The topological polar surface area (TPSA) is 68.5 Å². The fraction of sp³-hybridized carbons (Fsp3) is 0.167. The number of anilines is 2. The van der Waals surface area contributed by atoms with Gasteiger partial charge in [-0.15, -0.1) is 10.2 Å². The van der Waals surface area contributed by atoms with Gasteiger partial charge in [0.15, 0.2) is 0 Å². The SMILES string of the molecule is Cc1nn(C)cc1Nc1nnc2ccccc2n1. The van der Waals surface area contributed by atoms with Crippen molar-refractivity contribution >= 4 is 22.7 Å². The van der Waals surface area contributed by atoms with E-state index in [9.17, 15) is 0 Å². The molecule has 2 aromatic heterocycles. The first-order valence-corrected chi connectivity index (χ1v) is 5.59. The van der Waals surface area contributed by atoms with E-state index in [-0.39, 0.29) is 0 Å². The number of aromatic nitrogens is 5. The summed E-state index contributed by atoms with van der Waals surface area (Å²) in [5, 5.41) is 15.5. The molecule has 0 atom stereocenters. The maximum atomic E-state index is 4.40. The van der Waals surface area contributed by atoms with Crippen LogP contribution >= 0.6 is 0 Å². The number of aryl methyl sites for hydroxylation is 2. The Balaban J connectivity index is 1.97. The quantitative estimate of drug-likeness (QED) is 0.739. The summed E-state index contributed by atoms with van der Waals surface area (Å²) in [7, 11) is 1.87. The van der Waals surface area contributed by atoms with Crippen LogP contribution in [0.1, 0.15) is 5.69 Å². The van der Waals surface area contributed by atoms with Gasteiger partial charge in [0.05, 0.1) is 16.9 Å². The van der Waals surface area contributed by atoms with Crippen molar-refractivity contribution in [3.63, 3.8) is 0 Å². The average molecular weight is 240 g/mol. The summed E-state index contributed by atoms with van der Waals surface area (Å²) in [6, 6.07) is 7.63. The van der Waals surface area contributed by atoms with Crippen molar-refractivity contribution in [1.29, 1.82) is 0 Å². The third-order valence-corrected chi connectivity index (χ3v) is 2.62. The first-order valence-electron chi connectivity index (χ1n) is 5.59. The van der Waals surface area contributed by atoms with Crippen LogP contribution in [0.3, 0.4) is 0 Å². The number of nitrogens with zero attached hydrogens (tertiary/aromatic N) is 5. The van der Waals surface area contributed by atoms with Crippen molar-refractivity contribution in [3.05, 3.63) is 36.2 Å². The summed E-state index contributed by atoms with van der Waals surface area (Å²) in [6.45, 7) is 1.93. The summed E-state index contributed by atoms with van der Waals surface area (Å²) in [5.74, 6) is 0.477. The third kappa shape index (κ3) is 1.88. The fourth-order valence-corrected chi connectivity index (χ4v) is 1.78. The zero-order valence-corrected chi connectivity index (χ0v) is 10.1. The lowest BCUT2D eigenvalue weighted by molar-refractivity contribution is 0.756. The van der Waals surface area contributed by atoms with Crippen LogP contribution in [0.5, 0.6) is 0 Å². The number of nitrogens with one attached hydrogen (secondary N) is 1. The number of rotatable bonds is 2. The highest BCUT2D eigenvalue weighted by Gasteiger charge is 2.06. The van der Waals surface area contributed by atoms with Gasteiger partial charge >= 0.3 is 0 Å². The van der Waals surface area contributed by atoms with E-state index in [1.165, 1.54) is 0 Å². The number of fused-ring (bicyclic) bond motifs is 1. The van der Waals surface area contributed by atoms with Crippen LogP contribution in [0, 0.1) is 6.92 Å². The van der Waals surface area contributed by atoms with Crippen LogP contribution in [-0.4, -0.2) is 25.0 Å². The summed E-state index contributed by atoms with van der Waals surface area (Å²) in [5.41, 5.74) is 3.38. The highest BCUT2D eigenvalue weighted by atomic mass is 15.3. The molecule has 3 aromatic rings. The average Bonchev–Trinajstić information content (AvgIpc) is 2.68. The minimum Gasteiger partial charge on any atom is -0.320 e. The van der Waals surface area contributed by atoms with E-state index < -0.39 is 0 Å². The van der Waals surface area contributed by atoms with Crippen LogP contribution in [0.25, 0.3) is 11.0 Å². The zero-order valence-electron chi connectivity index (χ0n) is 10.1. The van der Waals surface area contributed by atoms with Gasteiger partial charge in [-0.25, -0.2) is 4.98 Å². The second kappa shape index (κ2) is 4.06. The van der Waals surface area contributed by atoms with Gasteiger partial charge in [-0.05, 0) is 19.1 Å². The van der Waals surface area contributed by atoms with E-state index in [2.05, 4.69) is 25.6 Å². The van der Waals surface area contributed by atoms with E-state index >= 15 is 0 Å². The molecule has 1 aromatic carbocycles. The Morgan fingerprint density at radius 1 is 1.11 bits per heavy atom. The smallest absolute Gasteiger partial charge is 0.247 e. The number of hydrogen-bond acceptors (Lipinski definition) is 5. The van der Waals surface area contributed by atoms with E-state index in [1.54, 1.807) is 4.68 Å². The standard InChI is InChI=1S/C12H12N6/c1-8-11(7-18(2)17-8)14-12-13-9-5-3-4-6-10(9)15-16-12/h3-7H,1-2H3,(H,13,14,16). The molecule has 0 aliphatic rings. The Labute approximate surface area is 104 Å². The minimum atomic E-state index is 0.477. The molecule has 2 heterocycles. The predicted molar refractivity (Wildman–Crippen MR) is 68.6 cm³/mol. The molecule has 6 heteroatoms. The Hall–Kier alpha value is -2.50. The molecule has 0 bridgehead atoms. The van der Waals surface area contributed by atoms with Gasteiger partial charge in [0.25, 0.3) is 0 Å². The van der Waals surface area contributed by atoms with E-state index in [0.717, 1.165) is 22.4 Å². The number of para-hydroxylation sites is 1. The Morgan fingerprint density at radius 2 is 1.89 bits per heavy atom. The second-order valence-electron chi connectivity index (χ2n) is 4.05. The number of benzene rings is 1. The molecule has 0 saturated heterocycles. The predicted octanol–water partition coefficient (Wildman–Crippen LogP) is 1.81. The van der Waals surface area contributed by atoms with Crippen molar-refractivity contribution < 1.29 is 0 Å². The molecular formula is C12H12N6. The fourth-order valence-electron chi connectivity index (χ4n) is 1.78.